The van der Waals surface area contributed by atoms with Crippen LogP contribution in [-0.2, 0) is 26.1 Å². The molecule has 0 amide bonds. The summed E-state index contributed by atoms with van der Waals surface area (Å²) in [5.41, 5.74) is 11.7. The van der Waals surface area contributed by atoms with E-state index in [1.165, 1.54) is 34.0 Å². The van der Waals surface area contributed by atoms with Gasteiger partial charge in [0.1, 0.15) is 0 Å². The Morgan fingerprint density at radius 1 is 1.30 bits per heavy atom. The highest BCUT2D eigenvalue weighted by Crippen LogP contribution is 2.29. The van der Waals surface area contributed by atoms with Crippen molar-refractivity contribution in [3.8, 4) is 0 Å². The fourth-order valence-corrected chi connectivity index (χ4v) is 3.17. The summed E-state index contributed by atoms with van der Waals surface area (Å²) in [6.07, 6.45) is 5.66. The first kappa shape index (κ1) is 13.7. The topological polar surface area (TPSA) is 43.0 Å². The van der Waals surface area contributed by atoms with E-state index in [1.54, 1.807) is 0 Å². The predicted molar refractivity (Wildman–Crippen MR) is 84.7 cm³/mol. The number of fused-ring (bicyclic) bond motifs is 2. The van der Waals surface area contributed by atoms with Gasteiger partial charge in [-0.15, -0.1) is 0 Å². The van der Waals surface area contributed by atoms with Crippen LogP contribution in [0.2, 0.25) is 0 Å². The van der Waals surface area contributed by atoms with E-state index < -0.39 is 0 Å². The van der Waals surface area contributed by atoms with Gasteiger partial charge in [-0.05, 0) is 55.0 Å². The van der Waals surface area contributed by atoms with Gasteiger partial charge in [0.2, 0.25) is 0 Å². The second-order valence-corrected chi connectivity index (χ2v) is 6.11. The molecular formula is C17H25N3. The molecule has 0 fully saturated rings. The number of hydrogen-bond donors (Lipinski definition) is 2. The molecule has 2 heterocycles. The predicted octanol–water partition coefficient (Wildman–Crippen LogP) is 2.93. The lowest BCUT2D eigenvalue weighted by Gasteiger charge is -2.05. The largest absolute Gasteiger partial charge is 0.347 e. The quantitative estimate of drug-likeness (QED) is 0.878. The molecule has 108 valence electrons. The third-order valence-electron chi connectivity index (χ3n) is 4.25. The molecule has 20 heavy (non-hydrogen) atoms. The van der Waals surface area contributed by atoms with Crippen LogP contribution in [0.15, 0.2) is 18.3 Å². The molecule has 3 rings (SSSR count). The van der Waals surface area contributed by atoms with Crippen molar-refractivity contribution < 1.29 is 0 Å². The Morgan fingerprint density at radius 3 is 2.75 bits per heavy atom. The van der Waals surface area contributed by atoms with Crippen molar-refractivity contribution in [1.29, 1.82) is 0 Å². The molecule has 1 aromatic heterocycles. The Bertz CT molecular complexity index is 610. The molecule has 0 bridgehead atoms. The van der Waals surface area contributed by atoms with Gasteiger partial charge in [-0.25, -0.2) is 0 Å². The first-order valence-electron chi connectivity index (χ1n) is 7.79. The van der Waals surface area contributed by atoms with Gasteiger partial charge in [0, 0.05) is 42.8 Å². The summed E-state index contributed by atoms with van der Waals surface area (Å²) in [5.74, 6) is 0. The first-order chi connectivity index (χ1) is 9.69. The van der Waals surface area contributed by atoms with Crippen molar-refractivity contribution in [2.75, 3.05) is 0 Å². The van der Waals surface area contributed by atoms with Crippen LogP contribution in [0.3, 0.4) is 0 Å². The number of nitrogens with two attached hydrogens (primary N) is 1. The van der Waals surface area contributed by atoms with E-state index in [9.17, 15) is 0 Å². The minimum atomic E-state index is 0.274. The van der Waals surface area contributed by atoms with Crippen LogP contribution in [0, 0.1) is 0 Å². The molecule has 3 heteroatoms. The average Bonchev–Trinajstić information content (AvgIpc) is 2.99. The molecule has 1 aliphatic heterocycles. The zero-order valence-corrected chi connectivity index (χ0v) is 12.6. The van der Waals surface area contributed by atoms with Gasteiger partial charge >= 0.3 is 0 Å². The number of nitrogens with zero attached hydrogens (tertiary/aromatic N) is 1. The van der Waals surface area contributed by atoms with E-state index in [0.29, 0.717) is 0 Å². The summed E-state index contributed by atoms with van der Waals surface area (Å²) < 4.78 is 2.42. The number of benzene rings is 1. The zero-order valence-electron chi connectivity index (χ0n) is 12.6. The fourth-order valence-electron chi connectivity index (χ4n) is 3.17. The highest BCUT2D eigenvalue weighted by molar-refractivity contribution is 5.86. The van der Waals surface area contributed by atoms with Crippen molar-refractivity contribution in [1.82, 2.24) is 9.88 Å². The molecule has 0 spiro atoms. The molecule has 1 aromatic carbocycles. The molecule has 2 aromatic rings. The number of nitrogens with one attached hydrogen (secondary N) is 1. The molecule has 3 N–H and O–H groups in total. The van der Waals surface area contributed by atoms with Gasteiger partial charge < -0.3 is 15.6 Å². The van der Waals surface area contributed by atoms with E-state index in [1.807, 2.05) is 0 Å². The fraction of sp³-hybridized carbons (Fsp3) is 0.529. The van der Waals surface area contributed by atoms with Gasteiger partial charge in [0.05, 0.1) is 0 Å². The Kier molecular flexibility index (Phi) is 3.81. The van der Waals surface area contributed by atoms with Gasteiger partial charge in [0.15, 0.2) is 0 Å². The molecule has 0 saturated heterocycles. The number of aromatic nitrogens is 1. The van der Waals surface area contributed by atoms with Crippen LogP contribution in [0.25, 0.3) is 10.9 Å². The maximum absolute atomic E-state index is 5.92. The van der Waals surface area contributed by atoms with E-state index in [-0.39, 0.29) is 6.04 Å². The third-order valence-corrected chi connectivity index (χ3v) is 4.25. The standard InChI is InChI=1S/C17H25N3/c1-3-6-20-11-13(5-4-12(2)18)16-7-14-9-19-10-15(14)8-17(16)20/h7-8,11-12,19H,3-6,9-10,18H2,1-2H3. The van der Waals surface area contributed by atoms with E-state index >= 15 is 0 Å². The van der Waals surface area contributed by atoms with Gasteiger partial charge in [-0.3, -0.25) is 0 Å². The third kappa shape index (κ3) is 2.48. The number of aryl methyl sites for hydroxylation is 2. The lowest BCUT2D eigenvalue weighted by atomic mass is 10.0. The Balaban J connectivity index is 2.05. The van der Waals surface area contributed by atoms with E-state index in [0.717, 1.165) is 32.5 Å². The minimum absolute atomic E-state index is 0.274. The summed E-state index contributed by atoms with van der Waals surface area (Å²) in [6, 6.07) is 5.05. The van der Waals surface area contributed by atoms with Crippen molar-refractivity contribution in [2.24, 2.45) is 5.73 Å². The maximum Gasteiger partial charge on any atom is 0.0486 e. The lowest BCUT2D eigenvalue weighted by Crippen LogP contribution is -2.15. The second-order valence-electron chi connectivity index (χ2n) is 6.11. The average molecular weight is 271 g/mol. The Morgan fingerprint density at radius 2 is 2.05 bits per heavy atom. The highest BCUT2D eigenvalue weighted by atomic mass is 15.0. The van der Waals surface area contributed by atoms with Crippen LogP contribution in [0.4, 0.5) is 0 Å². The monoisotopic (exact) mass is 271 g/mol. The summed E-state index contributed by atoms with van der Waals surface area (Å²) >= 11 is 0. The highest BCUT2D eigenvalue weighted by Gasteiger charge is 2.15. The molecule has 3 nitrogen and oxygen atoms in total. The van der Waals surface area contributed by atoms with Crippen molar-refractivity contribution in [2.45, 2.75) is 58.8 Å². The molecule has 1 aliphatic rings. The lowest BCUT2D eigenvalue weighted by molar-refractivity contribution is 0.661. The molecular weight excluding hydrogens is 246 g/mol. The van der Waals surface area contributed by atoms with Gasteiger partial charge in [-0.2, -0.15) is 0 Å². The summed E-state index contributed by atoms with van der Waals surface area (Å²) in [6.45, 7) is 7.45. The summed E-state index contributed by atoms with van der Waals surface area (Å²) in [5, 5.41) is 4.88. The van der Waals surface area contributed by atoms with Gasteiger partial charge in [-0.1, -0.05) is 6.92 Å². The first-order valence-corrected chi connectivity index (χ1v) is 7.79. The number of hydrogen-bond acceptors (Lipinski definition) is 2. The van der Waals surface area contributed by atoms with Crippen molar-refractivity contribution in [3.63, 3.8) is 0 Å². The molecule has 1 unspecified atom stereocenters. The normalized spacial score (nSPS) is 15.8. The molecule has 0 saturated carbocycles. The van der Waals surface area contributed by atoms with Gasteiger partial charge in [0.25, 0.3) is 0 Å². The summed E-state index contributed by atoms with van der Waals surface area (Å²) in [4.78, 5) is 0. The second kappa shape index (κ2) is 5.58. The van der Waals surface area contributed by atoms with Crippen molar-refractivity contribution in [3.05, 3.63) is 35.0 Å². The van der Waals surface area contributed by atoms with E-state index in [2.05, 4.69) is 42.1 Å². The van der Waals surface area contributed by atoms with Crippen molar-refractivity contribution >= 4 is 10.9 Å². The van der Waals surface area contributed by atoms with Crippen LogP contribution in [0.1, 0.15) is 43.4 Å². The zero-order chi connectivity index (χ0) is 14.1. The smallest absolute Gasteiger partial charge is 0.0486 e. The SMILES string of the molecule is CCCn1cc(CCC(C)N)c2cc3c(cc21)CNC3. The molecule has 0 aliphatic carbocycles. The Labute approximate surface area is 121 Å². The van der Waals surface area contributed by atoms with Crippen LogP contribution in [0.5, 0.6) is 0 Å². The van der Waals surface area contributed by atoms with Crippen LogP contribution in [-0.4, -0.2) is 10.6 Å². The summed E-state index contributed by atoms with van der Waals surface area (Å²) in [7, 11) is 0. The number of rotatable bonds is 5. The molecule has 1 atom stereocenters. The van der Waals surface area contributed by atoms with Crippen LogP contribution < -0.4 is 11.1 Å². The van der Waals surface area contributed by atoms with E-state index in [4.69, 9.17) is 5.73 Å². The van der Waals surface area contributed by atoms with Crippen LogP contribution >= 0.6 is 0 Å². The molecule has 0 radical (unpaired) electrons. The minimum Gasteiger partial charge on any atom is -0.347 e. The maximum atomic E-state index is 5.92. The Hall–Kier alpha value is -1.32.